The highest BCUT2D eigenvalue weighted by Gasteiger charge is 2.51. The van der Waals surface area contributed by atoms with Gasteiger partial charge in [0.15, 0.2) is 0 Å². The van der Waals surface area contributed by atoms with Crippen LogP contribution in [0.15, 0.2) is 42.5 Å². The summed E-state index contributed by atoms with van der Waals surface area (Å²) in [5.74, 6) is 2.71. The van der Waals surface area contributed by atoms with E-state index in [-0.39, 0.29) is 0 Å². The van der Waals surface area contributed by atoms with Gasteiger partial charge in [0.2, 0.25) is 0 Å². The first-order valence-corrected chi connectivity index (χ1v) is 6.78. The molecular formula is C17H15N. The molecule has 0 unspecified atom stereocenters. The molecule has 0 heterocycles. The predicted octanol–water partition coefficient (Wildman–Crippen LogP) is 3.90. The van der Waals surface area contributed by atoms with E-state index >= 15 is 0 Å². The van der Waals surface area contributed by atoms with Crippen molar-refractivity contribution < 1.29 is 0 Å². The zero-order valence-corrected chi connectivity index (χ0v) is 10.2. The zero-order valence-electron chi connectivity index (χ0n) is 10.2. The summed E-state index contributed by atoms with van der Waals surface area (Å²) in [6.07, 6.45) is 9.46. The number of rotatable bonds is 0. The van der Waals surface area contributed by atoms with Crippen LogP contribution in [0.25, 0.3) is 5.57 Å². The number of benzene rings is 1. The number of nitrogens with zero attached hydrogens (tertiary/aromatic N) is 1. The minimum Gasteiger partial charge on any atom is -0.192 e. The summed E-state index contributed by atoms with van der Waals surface area (Å²) >= 11 is 0. The molecule has 0 N–H and O–H groups in total. The Bertz CT molecular complexity index is 602. The fourth-order valence-electron chi connectivity index (χ4n) is 4.15. The summed E-state index contributed by atoms with van der Waals surface area (Å²) in [6, 6.07) is 10.9. The van der Waals surface area contributed by atoms with Gasteiger partial charge >= 0.3 is 0 Å². The Balaban J connectivity index is 1.86. The summed E-state index contributed by atoms with van der Waals surface area (Å²) in [7, 11) is 0. The van der Waals surface area contributed by atoms with Crippen LogP contribution in [0.3, 0.4) is 0 Å². The van der Waals surface area contributed by atoms with Crippen molar-refractivity contribution in [2.45, 2.75) is 18.8 Å². The molecule has 1 aromatic rings. The minimum atomic E-state index is 0.566. The number of nitriles is 1. The quantitative estimate of drug-likeness (QED) is 0.623. The second kappa shape index (κ2) is 3.59. The van der Waals surface area contributed by atoms with Crippen molar-refractivity contribution in [3.63, 3.8) is 0 Å². The van der Waals surface area contributed by atoms with E-state index in [4.69, 9.17) is 0 Å². The molecule has 88 valence electrons. The maximum absolute atomic E-state index is 9.33. The molecule has 1 nitrogen and oxygen atoms in total. The highest BCUT2D eigenvalue weighted by atomic mass is 14.5. The van der Waals surface area contributed by atoms with Crippen LogP contribution in [0.4, 0.5) is 0 Å². The van der Waals surface area contributed by atoms with Gasteiger partial charge in [-0.3, -0.25) is 0 Å². The van der Waals surface area contributed by atoms with Gasteiger partial charge in [-0.25, -0.2) is 0 Å². The van der Waals surface area contributed by atoms with Crippen molar-refractivity contribution in [1.82, 2.24) is 0 Å². The monoisotopic (exact) mass is 233 g/mol. The van der Waals surface area contributed by atoms with Gasteiger partial charge in [0.25, 0.3) is 0 Å². The lowest BCUT2D eigenvalue weighted by atomic mass is 9.49. The van der Waals surface area contributed by atoms with E-state index in [0.717, 1.165) is 11.5 Å². The summed E-state index contributed by atoms with van der Waals surface area (Å²) < 4.78 is 0. The smallest absolute Gasteiger partial charge is 0.0994 e. The highest BCUT2D eigenvalue weighted by molar-refractivity contribution is 5.81. The fraction of sp³-hybridized carbons (Fsp3) is 0.353. The van der Waals surface area contributed by atoms with Crippen LogP contribution < -0.4 is 0 Å². The van der Waals surface area contributed by atoms with E-state index in [2.05, 4.69) is 42.5 Å². The van der Waals surface area contributed by atoms with E-state index in [1.54, 1.807) is 0 Å². The van der Waals surface area contributed by atoms with Crippen LogP contribution >= 0.6 is 0 Å². The average molecular weight is 233 g/mol. The van der Waals surface area contributed by atoms with E-state index in [0.29, 0.717) is 17.8 Å². The lowest BCUT2D eigenvalue weighted by Crippen LogP contribution is -2.45. The van der Waals surface area contributed by atoms with Crippen molar-refractivity contribution in [1.29, 1.82) is 5.26 Å². The van der Waals surface area contributed by atoms with Crippen LogP contribution in [0.2, 0.25) is 0 Å². The molecule has 1 aromatic carbocycles. The van der Waals surface area contributed by atoms with E-state index in [1.165, 1.54) is 24.0 Å². The highest BCUT2D eigenvalue weighted by Crippen LogP contribution is 2.60. The van der Waals surface area contributed by atoms with Crippen molar-refractivity contribution in [2.75, 3.05) is 0 Å². The second-order valence-electron chi connectivity index (χ2n) is 5.63. The van der Waals surface area contributed by atoms with Gasteiger partial charge in [0, 0.05) is 0 Å². The third kappa shape index (κ3) is 1.16. The number of hydrogen-bond acceptors (Lipinski definition) is 1. The molecule has 0 spiro atoms. The number of fused-ring (bicyclic) bond motifs is 6. The SMILES string of the molecule is N#CC1=C[C@@H]2[C@@H]3C=CCC[C@@H]3[C@@H]2c2ccccc21. The van der Waals surface area contributed by atoms with Crippen LogP contribution in [0.1, 0.15) is 29.9 Å². The number of allylic oxidation sites excluding steroid dienone is 4. The summed E-state index contributed by atoms with van der Waals surface area (Å²) in [5.41, 5.74) is 3.47. The Morgan fingerprint density at radius 1 is 1.17 bits per heavy atom. The molecular weight excluding hydrogens is 218 g/mol. The lowest BCUT2D eigenvalue weighted by Gasteiger charge is -2.54. The minimum absolute atomic E-state index is 0.566. The standard InChI is InChI=1S/C17H15N/c18-10-11-9-16-13-6-2-4-8-15(13)17(16)14-7-3-1-5-12(11)14/h1-3,5-7,9,13,15-17H,4,8H2/t13-,15+,16-,17+/m1/s1. The third-order valence-electron chi connectivity index (χ3n) is 4.93. The summed E-state index contributed by atoms with van der Waals surface area (Å²) in [6.45, 7) is 0. The Morgan fingerprint density at radius 3 is 2.94 bits per heavy atom. The summed E-state index contributed by atoms with van der Waals surface area (Å²) in [4.78, 5) is 0. The van der Waals surface area contributed by atoms with Crippen molar-refractivity contribution in [3.05, 3.63) is 53.6 Å². The molecule has 0 saturated heterocycles. The molecule has 0 amide bonds. The first-order chi connectivity index (χ1) is 8.90. The normalized spacial score (nSPS) is 35.4. The van der Waals surface area contributed by atoms with E-state index in [1.807, 2.05) is 6.07 Å². The first-order valence-electron chi connectivity index (χ1n) is 6.78. The zero-order chi connectivity index (χ0) is 12.1. The van der Waals surface area contributed by atoms with Gasteiger partial charge in [-0.2, -0.15) is 5.26 Å². The Hall–Kier alpha value is -1.81. The average Bonchev–Trinajstić information content (AvgIpc) is 2.42. The topological polar surface area (TPSA) is 23.8 Å². The molecule has 3 aliphatic carbocycles. The van der Waals surface area contributed by atoms with E-state index in [9.17, 15) is 5.26 Å². The molecule has 1 heteroatoms. The van der Waals surface area contributed by atoms with Crippen LogP contribution in [-0.4, -0.2) is 0 Å². The van der Waals surface area contributed by atoms with Crippen LogP contribution in [-0.2, 0) is 0 Å². The van der Waals surface area contributed by atoms with Crippen LogP contribution in [0, 0.1) is 29.1 Å². The van der Waals surface area contributed by atoms with Crippen molar-refractivity contribution >= 4 is 5.57 Å². The number of hydrogen-bond donors (Lipinski definition) is 0. The van der Waals surface area contributed by atoms with E-state index < -0.39 is 0 Å². The first kappa shape index (κ1) is 10.1. The molecule has 3 aliphatic rings. The van der Waals surface area contributed by atoms with Gasteiger partial charge in [-0.15, -0.1) is 0 Å². The molecule has 18 heavy (non-hydrogen) atoms. The molecule has 0 radical (unpaired) electrons. The third-order valence-corrected chi connectivity index (χ3v) is 4.93. The molecule has 0 aromatic heterocycles. The van der Waals surface area contributed by atoms with Gasteiger partial charge in [-0.1, -0.05) is 42.5 Å². The van der Waals surface area contributed by atoms with Gasteiger partial charge < -0.3 is 0 Å². The largest absolute Gasteiger partial charge is 0.192 e. The maximum atomic E-state index is 9.33. The predicted molar refractivity (Wildman–Crippen MR) is 71.6 cm³/mol. The summed E-state index contributed by atoms with van der Waals surface area (Å²) in [5, 5.41) is 9.33. The molecule has 1 saturated carbocycles. The molecule has 0 aliphatic heterocycles. The Kier molecular flexibility index (Phi) is 2.02. The van der Waals surface area contributed by atoms with Crippen molar-refractivity contribution in [2.24, 2.45) is 17.8 Å². The molecule has 1 fully saturated rings. The molecule has 0 bridgehead atoms. The van der Waals surface area contributed by atoms with Gasteiger partial charge in [0.05, 0.1) is 11.6 Å². The Morgan fingerprint density at radius 2 is 2.06 bits per heavy atom. The molecule has 4 rings (SSSR count). The fourth-order valence-corrected chi connectivity index (χ4v) is 4.15. The van der Waals surface area contributed by atoms with Gasteiger partial charge in [0.1, 0.15) is 0 Å². The van der Waals surface area contributed by atoms with Crippen molar-refractivity contribution in [3.8, 4) is 6.07 Å². The maximum Gasteiger partial charge on any atom is 0.0994 e. The lowest BCUT2D eigenvalue weighted by molar-refractivity contribution is 0.0897. The Labute approximate surface area is 107 Å². The van der Waals surface area contributed by atoms with Gasteiger partial charge in [-0.05, 0) is 47.6 Å². The van der Waals surface area contributed by atoms with Crippen LogP contribution in [0.5, 0.6) is 0 Å². The molecule has 4 atom stereocenters. The second-order valence-corrected chi connectivity index (χ2v) is 5.63.